The molecule has 0 saturated carbocycles. The van der Waals surface area contributed by atoms with E-state index < -0.39 is 11.4 Å². The van der Waals surface area contributed by atoms with Crippen molar-refractivity contribution in [2.75, 3.05) is 65.9 Å². The average molecular weight is 609 g/mol. The van der Waals surface area contributed by atoms with E-state index in [4.69, 9.17) is 24.1 Å². The first-order chi connectivity index (χ1) is 20.2. The van der Waals surface area contributed by atoms with Gasteiger partial charge in [-0.1, -0.05) is 45.0 Å². The van der Waals surface area contributed by atoms with Gasteiger partial charge in [0.1, 0.15) is 13.2 Å². The Labute approximate surface area is 256 Å². The van der Waals surface area contributed by atoms with Crippen LogP contribution in [0.5, 0.6) is 0 Å². The molecule has 11 nitrogen and oxygen atoms in total. The highest BCUT2D eigenvalue weighted by Crippen LogP contribution is 2.19. The number of carbonyl (C=O) groups is 4. The number of carboxylic acid groups (broad SMARTS) is 1. The Morgan fingerprint density at radius 1 is 0.767 bits per heavy atom. The predicted octanol–water partition coefficient (Wildman–Crippen LogP) is 3.52. The van der Waals surface area contributed by atoms with Gasteiger partial charge in [-0.25, -0.2) is 0 Å². The molecule has 1 rings (SSSR count). The zero-order valence-corrected chi connectivity index (χ0v) is 26.9. The molecule has 43 heavy (non-hydrogen) atoms. The van der Waals surface area contributed by atoms with E-state index in [2.05, 4.69) is 31.0 Å². The maximum absolute atomic E-state index is 12.5. The summed E-state index contributed by atoms with van der Waals surface area (Å²) in [6.45, 7) is 15.1. The molecule has 11 heteroatoms. The lowest BCUT2D eigenvalue weighted by atomic mass is 9.91. The van der Waals surface area contributed by atoms with Gasteiger partial charge in [-0.2, -0.15) is 0 Å². The molecular weight excluding hydrogens is 556 g/mol. The van der Waals surface area contributed by atoms with Crippen molar-refractivity contribution in [2.45, 2.75) is 72.9 Å². The van der Waals surface area contributed by atoms with Crippen LogP contribution in [0.1, 0.15) is 76.7 Å². The Morgan fingerprint density at radius 3 is 1.93 bits per heavy atom. The topological polar surface area (TPSA) is 141 Å². The maximum Gasteiger partial charge on any atom is 0.304 e. The molecule has 0 spiro atoms. The van der Waals surface area contributed by atoms with Crippen LogP contribution in [-0.4, -0.2) is 105 Å². The zero-order chi connectivity index (χ0) is 32.3. The number of rotatable bonds is 23. The van der Waals surface area contributed by atoms with Crippen molar-refractivity contribution in [2.24, 2.45) is 5.41 Å². The Morgan fingerprint density at radius 2 is 1.35 bits per heavy atom. The number of benzene rings is 1. The lowest BCUT2D eigenvalue weighted by molar-refractivity contribution is -0.137. The number of ketones is 2. The van der Waals surface area contributed by atoms with E-state index in [9.17, 15) is 19.2 Å². The number of Topliss-reactive ketones (excluding diaryl/α,β-unsaturated/α-hetero) is 2. The van der Waals surface area contributed by atoms with Crippen molar-refractivity contribution >= 4 is 23.4 Å². The van der Waals surface area contributed by atoms with Gasteiger partial charge in [0.15, 0.2) is 11.6 Å². The highest BCUT2D eigenvalue weighted by atomic mass is 16.5. The third kappa shape index (κ3) is 18.5. The smallest absolute Gasteiger partial charge is 0.304 e. The summed E-state index contributed by atoms with van der Waals surface area (Å²) in [7, 11) is 0. The average Bonchev–Trinajstić information content (AvgIpc) is 2.92. The van der Waals surface area contributed by atoms with Gasteiger partial charge in [0.25, 0.3) is 0 Å². The predicted molar refractivity (Wildman–Crippen MR) is 163 cm³/mol. The van der Waals surface area contributed by atoms with Gasteiger partial charge in [0.2, 0.25) is 5.91 Å². The summed E-state index contributed by atoms with van der Waals surface area (Å²) in [5, 5.41) is 11.7. The van der Waals surface area contributed by atoms with Crippen LogP contribution in [0.4, 0.5) is 0 Å². The minimum atomic E-state index is -0.821. The Balaban J connectivity index is 2.09. The van der Waals surface area contributed by atoms with Crippen LogP contribution in [0.15, 0.2) is 24.3 Å². The van der Waals surface area contributed by atoms with Gasteiger partial charge >= 0.3 is 5.97 Å². The normalized spacial score (nSPS) is 12.0. The molecule has 0 radical (unpaired) electrons. The van der Waals surface area contributed by atoms with E-state index in [0.29, 0.717) is 71.1 Å². The summed E-state index contributed by atoms with van der Waals surface area (Å²) in [4.78, 5) is 49.2. The third-order valence-electron chi connectivity index (χ3n) is 6.50. The molecule has 0 saturated heterocycles. The first-order valence-corrected chi connectivity index (χ1v) is 14.9. The second-order valence-electron chi connectivity index (χ2n) is 12.3. The molecule has 0 aliphatic heterocycles. The van der Waals surface area contributed by atoms with Gasteiger partial charge in [-0.15, -0.1) is 0 Å². The van der Waals surface area contributed by atoms with Crippen LogP contribution < -0.4 is 5.32 Å². The monoisotopic (exact) mass is 608 g/mol. The molecule has 1 aromatic rings. The number of amides is 1. The molecule has 0 bridgehead atoms. The van der Waals surface area contributed by atoms with Crippen LogP contribution in [0.3, 0.4) is 0 Å². The number of carbonyl (C=O) groups excluding carboxylic acids is 3. The first kappa shape index (κ1) is 38.3. The van der Waals surface area contributed by atoms with Gasteiger partial charge in [0, 0.05) is 49.2 Å². The molecule has 0 heterocycles. The van der Waals surface area contributed by atoms with E-state index in [1.54, 1.807) is 0 Å². The molecule has 0 aliphatic carbocycles. The summed E-state index contributed by atoms with van der Waals surface area (Å²) < 4.78 is 21.5. The summed E-state index contributed by atoms with van der Waals surface area (Å²) in [6, 6.07) is 7.46. The summed E-state index contributed by atoms with van der Waals surface area (Å²) in [5.41, 5.74) is 1.07. The van der Waals surface area contributed by atoms with Gasteiger partial charge in [0.05, 0.1) is 39.5 Å². The quantitative estimate of drug-likeness (QED) is 0.140. The fraction of sp³-hybridized carbons (Fsp3) is 0.688. The second kappa shape index (κ2) is 20.3. The van der Waals surface area contributed by atoms with Crippen molar-refractivity contribution in [3.8, 4) is 0 Å². The van der Waals surface area contributed by atoms with Gasteiger partial charge in [-0.3, -0.25) is 24.1 Å². The summed E-state index contributed by atoms with van der Waals surface area (Å²) in [6.07, 6.45) is 1.01. The Bertz CT molecular complexity index is 982. The van der Waals surface area contributed by atoms with E-state index in [1.165, 1.54) is 0 Å². The number of hydrogen-bond donors (Lipinski definition) is 2. The van der Waals surface area contributed by atoms with Crippen LogP contribution in [0.2, 0.25) is 0 Å². The van der Waals surface area contributed by atoms with E-state index in [-0.39, 0.29) is 49.3 Å². The molecule has 1 aromatic carbocycles. The highest BCUT2D eigenvalue weighted by Gasteiger charge is 2.22. The lowest BCUT2D eigenvalue weighted by Gasteiger charge is -2.35. The highest BCUT2D eigenvalue weighted by molar-refractivity contribution is 5.96. The number of carboxylic acids is 1. The molecule has 2 N–H and O–H groups in total. The fourth-order valence-electron chi connectivity index (χ4n) is 3.68. The first-order valence-electron chi connectivity index (χ1n) is 14.9. The molecule has 0 fully saturated rings. The SMILES string of the molecule is CC(C)(C)C(=O)COCCOCCNC(=O)COCCOCCCC(=O)c1ccc(CN(CCC(=O)O)C(C)(C)C)cc1. The molecule has 1 amide bonds. The largest absolute Gasteiger partial charge is 0.481 e. The molecule has 0 unspecified atom stereocenters. The van der Waals surface area contributed by atoms with Crippen molar-refractivity contribution in [1.29, 1.82) is 0 Å². The summed E-state index contributed by atoms with van der Waals surface area (Å²) in [5.74, 6) is -0.998. The number of hydrogen-bond acceptors (Lipinski definition) is 9. The fourth-order valence-corrected chi connectivity index (χ4v) is 3.68. The number of ether oxygens (including phenoxy) is 4. The van der Waals surface area contributed by atoms with E-state index in [1.807, 2.05) is 45.0 Å². The van der Waals surface area contributed by atoms with Crippen molar-refractivity contribution in [3.63, 3.8) is 0 Å². The third-order valence-corrected chi connectivity index (χ3v) is 6.50. The maximum atomic E-state index is 12.5. The summed E-state index contributed by atoms with van der Waals surface area (Å²) >= 11 is 0. The van der Waals surface area contributed by atoms with E-state index in [0.717, 1.165) is 5.56 Å². The van der Waals surface area contributed by atoms with Gasteiger partial charge in [-0.05, 0) is 32.8 Å². The minimum Gasteiger partial charge on any atom is -0.481 e. The standard InChI is InChI=1S/C32H52N2O9/c1-31(2,3)28(36)23-42-20-19-41-17-14-33-29(37)24-43-21-18-40-16-7-8-27(35)26-11-9-25(10-12-26)22-34(32(4,5)6)15-13-30(38)39/h9-12H,7-8,13-24H2,1-6H3,(H,33,37)(H,38,39). The Hall–Kier alpha value is -2.70. The van der Waals surface area contributed by atoms with Crippen LogP contribution in [0.25, 0.3) is 0 Å². The number of aliphatic carboxylic acids is 1. The van der Waals surface area contributed by atoms with Crippen LogP contribution >= 0.6 is 0 Å². The van der Waals surface area contributed by atoms with Crippen molar-refractivity contribution < 1.29 is 43.2 Å². The number of nitrogens with one attached hydrogen (secondary N) is 1. The lowest BCUT2D eigenvalue weighted by Crippen LogP contribution is -2.42. The van der Waals surface area contributed by atoms with Crippen LogP contribution in [0, 0.1) is 5.41 Å². The van der Waals surface area contributed by atoms with Gasteiger partial charge < -0.3 is 29.4 Å². The minimum absolute atomic E-state index is 0.0359. The Kier molecular flexibility index (Phi) is 18.1. The molecular formula is C32H52N2O9. The molecule has 0 aliphatic rings. The van der Waals surface area contributed by atoms with Crippen LogP contribution in [-0.2, 0) is 39.9 Å². The van der Waals surface area contributed by atoms with Crippen molar-refractivity contribution in [3.05, 3.63) is 35.4 Å². The van der Waals surface area contributed by atoms with E-state index >= 15 is 0 Å². The molecule has 0 aromatic heterocycles. The number of nitrogens with zero attached hydrogens (tertiary/aromatic N) is 1. The molecule has 244 valence electrons. The van der Waals surface area contributed by atoms with Crippen molar-refractivity contribution in [1.82, 2.24) is 10.2 Å². The second-order valence-corrected chi connectivity index (χ2v) is 12.3. The molecule has 0 atom stereocenters. The zero-order valence-electron chi connectivity index (χ0n) is 26.9.